The van der Waals surface area contributed by atoms with Gasteiger partial charge in [0.15, 0.2) is 5.13 Å². The molecular weight excluding hydrogens is 536 g/mol. The van der Waals surface area contributed by atoms with E-state index in [0.717, 1.165) is 37.2 Å². The Morgan fingerprint density at radius 2 is 1.92 bits per heavy atom. The van der Waals surface area contributed by atoms with Gasteiger partial charge in [0, 0.05) is 23.7 Å². The van der Waals surface area contributed by atoms with E-state index >= 15 is 0 Å². The van der Waals surface area contributed by atoms with Crippen LogP contribution in [0.15, 0.2) is 16.9 Å². The quantitative estimate of drug-likeness (QED) is 0.146. The molecule has 3 unspecified atom stereocenters. The van der Waals surface area contributed by atoms with Crippen molar-refractivity contribution in [3.05, 3.63) is 17.6 Å². The van der Waals surface area contributed by atoms with Crippen molar-refractivity contribution in [2.45, 2.75) is 82.4 Å². The minimum Gasteiger partial charge on any atom is -0.425 e. The maximum absolute atomic E-state index is 13.2. The van der Waals surface area contributed by atoms with Crippen molar-refractivity contribution in [2.24, 2.45) is 11.1 Å². The molecule has 1 aromatic heterocycles. The van der Waals surface area contributed by atoms with E-state index in [9.17, 15) is 19.2 Å². The number of fused-ring (bicyclic) bond motifs is 1. The number of aromatic nitrogens is 2. The summed E-state index contributed by atoms with van der Waals surface area (Å²) in [6, 6.07) is -0.935. The Hall–Kier alpha value is -3.20. The van der Waals surface area contributed by atoms with Crippen LogP contribution >= 0.6 is 23.3 Å². The second-order valence-corrected chi connectivity index (χ2v) is 11.7. The van der Waals surface area contributed by atoms with Gasteiger partial charge in [-0.3, -0.25) is 19.3 Å². The second kappa shape index (κ2) is 11.7. The molecule has 0 spiro atoms. The van der Waals surface area contributed by atoms with Crippen molar-refractivity contribution in [1.82, 2.24) is 19.6 Å². The highest BCUT2D eigenvalue weighted by atomic mass is 32.2. The summed E-state index contributed by atoms with van der Waals surface area (Å²) in [6.45, 7) is 6.59. The van der Waals surface area contributed by atoms with Crippen molar-refractivity contribution in [2.75, 3.05) is 5.73 Å². The van der Waals surface area contributed by atoms with Crippen molar-refractivity contribution in [1.29, 1.82) is 0 Å². The Morgan fingerprint density at radius 3 is 2.55 bits per heavy atom. The number of ether oxygens (including phenoxy) is 2. The topological polar surface area (TPSA) is 175 Å². The summed E-state index contributed by atoms with van der Waals surface area (Å²) in [4.78, 5) is 61.8. The fraction of sp³-hybridized carbons (Fsp3) is 0.609. The minimum atomic E-state index is -1.13. The first kappa shape index (κ1) is 27.8. The molecule has 4 rings (SSSR count). The number of rotatable bonds is 9. The molecule has 2 aliphatic heterocycles. The lowest BCUT2D eigenvalue weighted by Crippen LogP contribution is -2.71. The van der Waals surface area contributed by atoms with Crippen LogP contribution < -0.4 is 11.1 Å². The lowest BCUT2D eigenvalue weighted by molar-refractivity contribution is -0.186. The Bertz CT molecular complexity index is 1160. The fourth-order valence-corrected chi connectivity index (χ4v) is 5.86. The third-order valence-electron chi connectivity index (χ3n) is 6.04. The molecule has 38 heavy (non-hydrogen) atoms. The molecule has 3 aliphatic rings. The Kier molecular flexibility index (Phi) is 8.55. The molecule has 0 bridgehead atoms. The number of nitrogens with two attached hydrogens (primary N) is 1. The van der Waals surface area contributed by atoms with Crippen LogP contribution in [-0.4, -0.2) is 72.8 Å². The molecule has 15 heteroatoms. The molecule has 2 fully saturated rings. The number of hydrogen-bond donors (Lipinski definition) is 2. The zero-order chi connectivity index (χ0) is 27.6. The van der Waals surface area contributed by atoms with E-state index < -0.39 is 41.5 Å². The van der Waals surface area contributed by atoms with Gasteiger partial charge in [0.2, 0.25) is 17.8 Å². The van der Waals surface area contributed by atoms with Crippen molar-refractivity contribution < 1.29 is 33.5 Å². The predicted octanol–water partition coefficient (Wildman–Crippen LogP) is 1.54. The van der Waals surface area contributed by atoms with Crippen LogP contribution in [0.25, 0.3) is 0 Å². The maximum Gasteiger partial charge on any atom is 0.357 e. The highest BCUT2D eigenvalue weighted by Gasteiger charge is 2.54. The highest BCUT2D eigenvalue weighted by Crippen LogP contribution is 2.41. The largest absolute Gasteiger partial charge is 0.425 e. The first-order chi connectivity index (χ1) is 18.0. The van der Waals surface area contributed by atoms with Gasteiger partial charge in [-0.25, -0.2) is 4.79 Å². The van der Waals surface area contributed by atoms with Gasteiger partial charge in [0.25, 0.3) is 11.8 Å². The van der Waals surface area contributed by atoms with E-state index in [1.807, 2.05) is 6.92 Å². The second-order valence-electron chi connectivity index (χ2n) is 9.42. The zero-order valence-electron chi connectivity index (χ0n) is 21.4. The molecule has 13 nitrogen and oxygen atoms in total. The van der Waals surface area contributed by atoms with E-state index in [4.69, 9.17) is 20.0 Å². The molecular formula is C23H30N6O7S2. The van der Waals surface area contributed by atoms with Gasteiger partial charge in [-0.05, 0) is 38.7 Å². The van der Waals surface area contributed by atoms with Crippen LogP contribution in [0.2, 0.25) is 0 Å². The normalized spacial score (nSPS) is 24.3. The molecule has 0 aromatic carbocycles. The molecule has 4 atom stereocenters. The monoisotopic (exact) mass is 566 g/mol. The molecule has 1 aliphatic carbocycles. The van der Waals surface area contributed by atoms with Gasteiger partial charge in [-0.1, -0.05) is 19.0 Å². The number of β-lactam (4-membered cyclic amide) rings is 1. The average Bonchev–Trinajstić information content (AvgIpc) is 3.53. The standard InChI is InChI=1S/C23H30N6O7S2/c1-10(2)21(32)34-12(4)35-22(33)14-9-11(3)37-20-16(19(31)29(14)20)25-18(30)15(17-26-23(24)38-28-17)27-36-13-7-5-6-8-13/h9-13,16,20H,5-8H2,1-4H3,(H,25,30)(H2,24,26,28)/t11?,12?,16?,20-/m1/s1. The summed E-state index contributed by atoms with van der Waals surface area (Å²) in [6.07, 6.45) is 4.06. The van der Waals surface area contributed by atoms with Gasteiger partial charge in [-0.2, -0.15) is 9.36 Å². The smallest absolute Gasteiger partial charge is 0.357 e. The predicted molar refractivity (Wildman–Crippen MR) is 138 cm³/mol. The number of oxime groups is 1. The van der Waals surface area contributed by atoms with E-state index in [1.165, 1.54) is 23.6 Å². The molecule has 0 radical (unpaired) electrons. The number of nitrogens with zero attached hydrogens (tertiary/aromatic N) is 4. The number of amides is 2. The van der Waals surface area contributed by atoms with Crippen LogP contribution in [0.1, 0.15) is 59.2 Å². The zero-order valence-corrected chi connectivity index (χ0v) is 23.0. The Labute approximate surface area is 227 Å². The summed E-state index contributed by atoms with van der Waals surface area (Å²) >= 11 is 2.30. The van der Waals surface area contributed by atoms with Crippen LogP contribution in [0.4, 0.5) is 5.13 Å². The van der Waals surface area contributed by atoms with Gasteiger partial charge in [-0.15, -0.1) is 11.8 Å². The number of nitrogens with one attached hydrogen (secondary N) is 1. The van der Waals surface area contributed by atoms with Crippen LogP contribution in [0, 0.1) is 5.92 Å². The summed E-state index contributed by atoms with van der Waals surface area (Å²) in [5.41, 5.74) is 5.54. The van der Waals surface area contributed by atoms with Crippen molar-refractivity contribution in [3.8, 4) is 0 Å². The highest BCUT2D eigenvalue weighted by molar-refractivity contribution is 8.00. The first-order valence-corrected chi connectivity index (χ1v) is 14.0. The Balaban J connectivity index is 1.44. The van der Waals surface area contributed by atoms with Gasteiger partial charge < -0.3 is 25.4 Å². The van der Waals surface area contributed by atoms with Gasteiger partial charge in [0.1, 0.15) is 23.2 Å². The Morgan fingerprint density at radius 1 is 1.21 bits per heavy atom. The average molecular weight is 567 g/mol. The third kappa shape index (κ3) is 6.09. The molecule has 3 heterocycles. The summed E-state index contributed by atoms with van der Waals surface area (Å²) < 4.78 is 14.4. The lowest BCUT2D eigenvalue weighted by atomic mass is 10.0. The van der Waals surface area contributed by atoms with Crippen LogP contribution in [-0.2, 0) is 33.5 Å². The number of carbonyl (C=O) groups is 4. The van der Waals surface area contributed by atoms with E-state index in [0.29, 0.717) is 0 Å². The lowest BCUT2D eigenvalue weighted by Gasteiger charge is -2.49. The molecule has 1 aromatic rings. The van der Waals surface area contributed by atoms with E-state index in [1.54, 1.807) is 19.9 Å². The number of esters is 2. The summed E-state index contributed by atoms with van der Waals surface area (Å²) in [5, 5.41) is 6.14. The summed E-state index contributed by atoms with van der Waals surface area (Å²) in [5.74, 6) is -2.90. The number of carbonyl (C=O) groups excluding carboxylic acids is 4. The molecule has 3 N–H and O–H groups in total. The summed E-state index contributed by atoms with van der Waals surface area (Å²) in [7, 11) is 0. The first-order valence-electron chi connectivity index (χ1n) is 12.3. The number of thioether (sulfide) groups is 1. The molecule has 206 valence electrons. The SMILES string of the molecule is CC(OC(=O)C1=CC(C)S[C@@H]2C(NC(=O)C(=NOC3CCCC3)c3nsc(N)n3)C(=O)N12)OC(=O)C(C)C. The van der Waals surface area contributed by atoms with Gasteiger partial charge >= 0.3 is 11.9 Å². The molecule has 2 amide bonds. The molecule has 1 saturated carbocycles. The number of nitrogen functional groups attached to an aromatic ring is 1. The van der Waals surface area contributed by atoms with E-state index in [-0.39, 0.29) is 39.6 Å². The fourth-order valence-electron chi connectivity index (χ4n) is 4.10. The van der Waals surface area contributed by atoms with Gasteiger partial charge in [0.05, 0.1) is 5.92 Å². The number of hydrogen-bond acceptors (Lipinski definition) is 13. The maximum atomic E-state index is 13.2. The number of anilines is 1. The van der Waals surface area contributed by atoms with Crippen molar-refractivity contribution in [3.63, 3.8) is 0 Å². The van der Waals surface area contributed by atoms with Crippen LogP contribution in [0.5, 0.6) is 0 Å². The third-order valence-corrected chi connectivity index (χ3v) is 7.91. The molecule has 1 saturated heterocycles. The van der Waals surface area contributed by atoms with Crippen LogP contribution in [0.3, 0.4) is 0 Å². The minimum absolute atomic E-state index is 0.00499. The van der Waals surface area contributed by atoms with E-state index in [2.05, 4.69) is 19.8 Å². The van der Waals surface area contributed by atoms with Crippen molar-refractivity contribution >= 4 is 57.9 Å².